The highest BCUT2D eigenvalue weighted by Gasteiger charge is 2.31. The normalized spacial score (nSPS) is 18.0. The van der Waals surface area contributed by atoms with Crippen LogP contribution in [0.1, 0.15) is 148 Å². The highest BCUT2D eigenvalue weighted by atomic mass is 79.9. The van der Waals surface area contributed by atoms with Crippen LogP contribution in [0.15, 0.2) is 52.5 Å². The topological polar surface area (TPSA) is 9.23 Å². The lowest BCUT2D eigenvalue weighted by Crippen LogP contribution is -2.16. The number of hydrogen-bond acceptors (Lipinski definition) is 1. The zero-order valence-electron chi connectivity index (χ0n) is 32.4. The van der Waals surface area contributed by atoms with Crippen LogP contribution in [0.2, 0.25) is 0 Å². The Labute approximate surface area is 297 Å². The molecule has 0 bridgehead atoms. The number of methoxy groups -OCH3 is 1. The fourth-order valence-corrected chi connectivity index (χ4v) is 7.98. The lowest BCUT2D eigenvalue weighted by molar-refractivity contribution is 0.0694. The first-order valence-electron chi connectivity index (χ1n) is 17.8. The van der Waals surface area contributed by atoms with Gasteiger partial charge in [0.1, 0.15) is 0 Å². The maximum absolute atomic E-state index is 5.67. The van der Waals surface area contributed by atoms with Crippen molar-refractivity contribution in [2.75, 3.05) is 7.11 Å². The first-order valence-corrected chi connectivity index (χ1v) is 18.6. The van der Waals surface area contributed by atoms with Crippen molar-refractivity contribution in [3.8, 4) is 11.1 Å². The van der Waals surface area contributed by atoms with Crippen molar-refractivity contribution in [2.24, 2.45) is 16.7 Å². The van der Waals surface area contributed by atoms with Gasteiger partial charge < -0.3 is 4.74 Å². The van der Waals surface area contributed by atoms with Crippen molar-refractivity contribution >= 4 is 22.0 Å². The van der Waals surface area contributed by atoms with Crippen molar-refractivity contribution in [2.45, 2.75) is 140 Å². The van der Waals surface area contributed by atoms with E-state index in [4.69, 9.17) is 4.74 Å². The summed E-state index contributed by atoms with van der Waals surface area (Å²) in [6.45, 7) is 32.3. The molecule has 0 heterocycles. The standard InChI is InChI=1S/C29H40.C16H23BrO/c1-19-11-21-13-20(18-27(2,3)4)14-26(25(21)12-19)22-15-23(28(5,6)7)17-24(16-22)29(8,9)10;1-10-6-12-13(15(10)18-5)7-11(8-14(12)17)9-16(2,3)4/h11,13-17H,12,18H2,1-10H3;7-8,10,15H,6,9H2,1-5H3. The number of allylic oxidation sites excluding steroid dienone is 1. The third-order valence-electron chi connectivity index (χ3n) is 9.54. The molecular weight excluding hydrogens is 636 g/mol. The molecule has 1 nitrogen and oxygen atoms in total. The predicted octanol–water partition coefficient (Wildman–Crippen LogP) is 13.4. The smallest absolute Gasteiger partial charge is 0.0852 e. The third-order valence-corrected chi connectivity index (χ3v) is 10.2. The van der Waals surface area contributed by atoms with E-state index >= 15 is 0 Å². The second-order valence-electron chi connectivity index (χ2n) is 19.1. The van der Waals surface area contributed by atoms with Crippen molar-refractivity contribution in [3.63, 3.8) is 0 Å². The van der Waals surface area contributed by atoms with Gasteiger partial charge in [-0.3, -0.25) is 0 Å². The maximum atomic E-state index is 5.67. The van der Waals surface area contributed by atoms with Crippen LogP contribution in [-0.2, 0) is 41.3 Å². The van der Waals surface area contributed by atoms with Crippen molar-refractivity contribution in [3.05, 3.63) is 97.0 Å². The maximum Gasteiger partial charge on any atom is 0.0852 e. The number of benzene rings is 3. The molecule has 0 radical (unpaired) electrons. The van der Waals surface area contributed by atoms with Crippen LogP contribution in [0.3, 0.4) is 0 Å². The lowest BCUT2D eigenvalue weighted by atomic mass is 9.78. The minimum absolute atomic E-state index is 0.135. The van der Waals surface area contributed by atoms with Gasteiger partial charge in [-0.25, -0.2) is 0 Å². The first kappa shape index (κ1) is 37.7. The molecule has 0 saturated carbocycles. The van der Waals surface area contributed by atoms with E-state index in [0.29, 0.717) is 11.3 Å². The second kappa shape index (κ2) is 13.6. The second-order valence-corrected chi connectivity index (χ2v) is 20.0. The molecule has 0 saturated heterocycles. The zero-order valence-corrected chi connectivity index (χ0v) is 34.0. The Hall–Kier alpha value is -2.16. The minimum atomic E-state index is 0.135. The summed E-state index contributed by atoms with van der Waals surface area (Å²) in [5.41, 5.74) is 16.6. The molecule has 2 aliphatic carbocycles. The molecule has 2 heteroatoms. The summed E-state index contributed by atoms with van der Waals surface area (Å²) < 4.78 is 6.92. The van der Waals surface area contributed by atoms with E-state index in [1.165, 1.54) is 65.7 Å². The number of hydrogen-bond donors (Lipinski definition) is 0. The summed E-state index contributed by atoms with van der Waals surface area (Å²) in [6.07, 6.45) is 7.05. The van der Waals surface area contributed by atoms with Crippen LogP contribution in [-0.4, -0.2) is 7.11 Å². The van der Waals surface area contributed by atoms with E-state index in [9.17, 15) is 0 Å². The molecule has 2 unspecified atom stereocenters. The Morgan fingerprint density at radius 3 is 1.72 bits per heavy atom. The minimum Gasteiger partial charge on any atom is -0.376 e. The van der Waals surface area contributed by atoms with Gasteiger partial charge in [0.2, 0.25) is 0 Å². The van der Waals surface area contributed by atoms with Gasteiger partial charge in [-0.15, -0.1) is 0 Å². The SMILES string of the molecule is CC1=Cc2cc(CC(C)(C)C)cc(-c3cc(C(C)(C)C)cc(C(C)(C)C)c3)c2C1.COC1c2cc(CC(C)(C)C)cc(Br)c2CC1C. The molecule has 256 valence electrons. The van der Waals surface area contributed by atoms with Gasteiger partial charge in [0.25, 0.3) is 0 Å². The predicted molar refractivity (Wildman–Crippen MR) is 210 cm³/mol. The number of ether oxygens (including phenoxy) is 1. The molecule has 0 fully saturated rings. The van der Waals surface area contributed by atoms with Crippen molar-refractivity contribution < 1.29 is 4.74 Å². The Bertz CT molecular complexity index is 1590. The average Bonchev–Trinajstić information content (AvgIpc) is 3.43. The Balaban J connectivity index is 0.000000238. The van der Waals surface area contributed by atoms with Gasteiger partial charge in [-0.2, -0.15) is 0 Å². The van der Waals surface area contributed by atoms with E-state index in [-0.39, 0.29) is 22.3 Å². The monoisotopic (exact) mass is 698 g/mol. The molecule has 0 spiro atoms. The summed E-state index contributed by atoms with van der Waals surface area (Å²) in [5.74, 6) is 0.575. The van der Waals surface area contributed by atoms with Crippen LogP contribution in [0.5, 0.6) is 0 Å². The molecular formula is C45H63BrO. The Morgan fingerprint density at radius 2 is 1.23 bits per heavy atom. The van der Waals surface area contributed by atoms with Crippen LogP contribution < -0.4 is 0 Å². The molecule has 0 amide bonds. The Kier molecular flexibility index (Phi) is 10.9. The lowest BCUT2D eigenvalue weighted by Gasteiger charge is -2.27. The van der Waals surface area contributed by atoms with Gasteiger partial charge in [0.15, 0.2) is 0 Å². The van der Waals surface area contributed by atoms with Crippen LogP contribution in [0, 0.1) is 16.7 Å². The van der Waals surface area contributed by atoms with Crippen LogP contribution >= 0.6 is 15.9 Å². The average molecular weight is 700 g/mol. The van der Waals surface area contributed by atoms with E-state index in [0.717, 1.165) is 25.7 Å². The number of fused-ring (bicyclic) bond motifs is 2. The van der Waals surface area contributed by atoms with Crippen LogP contribution in [0.25, 0.3) is 17.2 Å². The highest BCUT2D eigenvalue weighted by Crippen LogP contribution is 2.43. The quantitative estimate of drug-likeness (QED) is 0.263. The van der Waals surface area contributed by atoms with Gasteiger partial charge in [-0.1, -0.05) is 154 Å². The summed E-state index contributed by atoms with van der Waals surface area (Å²) >= 11 is 3.73. The summed E-state index contributed by atoms with van der Waals surface area (Å²) in [7, 11) is 1.82. The zero-order chi connectivity index (χ0) is 35.3. The van der Waals surface area contributed by atoms with Gasteiger partial charge in [-0.05, 0) is 122 Å². The van der Waals surface area contributed by atoms with Crippen molar-refractivity contribution in [1.29, 1.82) is 0 Å². The molecule has 5 rings (SSSR count). The van der Waals surface area contributed by atoms with Crippen molar-refractivity contribution in [1.82, 2.24) is 0 Å². The highest BCUT2D eigenvalue weighted by molar-refractivity contribution is 9.10. The summed E-state index contributed by atoms with van der Waals surface area (Å²) in [6, 6.07) is 16.9. The van der Waals surface area contributed by atoms with E-state index in [2.05, 4.69) is 161 Å². The van der Waals surface area contributed by atoms with E-state index in [1.807, 2.05) is 7.11 Å². The molecule has 0 aliphatic heterocycles. The summed E-state index contributed by atoms with van der Waals surface area (Å²) in [5, 5.41) is 0. The summed E-state index contributed by atoms with van der Waals surface area (Å²) in [4.78, 5) is 0. The van der Waals surface area contributed by atoms with E-state index in [1.54, 1.807) is 0 Å². The van der Waals surface area contributed by atoms with Gasteiger partial charge in [0.05, 0.1) is 6.10 Å². The van der Waals surface area contributed by atoms with Gasteiger partial charge in [0, 0.05) is 11.6 Å². The fraction of sp³-hybridized carbons (Fsp3) is 0.556. The first-order chi connectivity index (χ1) is 21.4. The Morgan fingerprint density at radius 1 is 0.702 bits per heavy atom. The van der Waals surface area contributed by atoms with E-state index < -0.39 is 0 Å². The number of halogens is 1. The third kappa shape index (κ3) is 9.51. The largest absolute Gasteiger partial charge is 0.376 e. The molecule has 3 aromatic rings. The molecule has 2 atom stereocenters. The molecule has 3 aromatic carbocycles. The fourth-order valence-electron chi connectivity index (χ4n) is 7.29. The molecule has 2 aliphatic rings. The molecule has 47 heavy (non-hydrogen) atoms. The van der Waals surface area contributed by atoms with Gasteiger partial charge >= 0.3 is 0 Å². The molecule has 0 aromatic heterocycles. The molecule has 0 N–H and O–H groups in total. The number of rotatable bonds is 4. The van der Waals surface area contributed by atoms with Crippen LogP contribution in [0.4, 0.5) is 0 Å².